The van der Waals surface area contributed by atoms with Crippen LogP contribution in [0.2, 0.25) is 0 Å². The van der Waals surface area contributed by atoms with E-state index in [1.807, 2.05) is 0 Å². The highest BCUT2D eigenvalue weighted by Crippen LogP contribution is 2.34. The predicted octanol–water partition coefficient (Wildman–Crippen LogP) is 3.65. The van der Waals surface area contributed by atoms with Crippen LogP contribution in [0.4, 0.5) is 4.79 Å². The third-order valence-electron chi connectivity index (χ3n) is 3.99. The van der Waals surface area contributed by atoms with Crippen LogP contribution in [0.25, 0.3) is 0 Å². The average molecular weight is 300 g/mol. The lowest BCUT2D eigenvalue weighted by molar-refractivity contribution is -0.0491. The Bertz CT molecular complexity index is 319. The van der Waals surface area contributed by atoms with Gasteiger partial charge >= 0.3 is 6.16 Å². The number of carbonyl (C=O) groups excluding carboxylic acids is 1. The van der Waals surface area contributed by atoms with Crippen molar-refractivity contribution in [1.82, 2.24) is 0 Å². The number of epoxide rings is 1. The molecule has 0 spiro atoms. The molecule has 2 rings (SSSR count). The van der Waals surface area contributed by atoms with Gasteiger partial charge in [-0.1, -0.05) is 12.8 Å². The van der Waals surface area contributed by atoms with E-state index in [4.69, 9.17) is 18.9 Å². The van der Waals surface area contributed by atoms with Gasteiger partial charge in [-0.25, -0.2) is 4.79 Å². The normalized spacial score (nSPS) is 25.3. The summed E-state index contributed by atoms with van der Waals surface area (Å²) in [4.78, 5) is 11.4. The van der Waals surface area contributed by atoms with Crippen molar-refractivity contribution in [2.45, 2.75) is 70.7 Å². The highest BCUT2D eigenvalue weighted by Gasteiger charge is 2.49. The van der Waals surface area contributed by atoms with Crippen LogP contribution >= 0.6 is 0 Å². The van der Waals surface area contributed by atoms with Crippen LogP contribution in [0.15, 0.2) is 0 Å². The minimum Gasteiger partial charge on any atom is -0.432 e. The van der Waals surface area contributed by atoms with Crippen LogP contribution in [0, 0.1) is 5.92 Å². The maximum Gasteiger partial charge on any atom is 0.511 e. The van der Waals surface area contributed by atoms with Gasteiger partial charge in [-0.2, -0.15) is 0 Å². The third kappa shape index (κ3) is 6.22. The number of ether oxygens (including phenoxy) is 4. The summed E-state index contributed by atoms with van der Waals surface area (Å²) in [6, 6.07) is 0. The number of carbonyl (C=O) groups is 1. The molecule has 0 N–H and O–H groups in total. The van der Waals surface area contributed by atoms with Gasteiger partial charge < -0.3 is 18.9 Å². The summed E-state index contributed by atoms with van der Waals surface area (Å²) < 4.78 is 21.2. The van der Waals surface area contributed by atoms with Crippen LogP contribution in [-0.4, -0.2) is 37.9 Å². The van der Waals surface area contributed by atoms with Crippen LogP contribution in [0.3, 0.4) is 0 Å². The molecule has 1 atom stereocenters. The molecule has 0 bridgehead atoms. The van der Waals surface area contributed by atoms with Crippen molar-refractivity contribution in [3.05, 3.63) is 0 Å². The molecule has 1 heterocycles. The predicted molar refractivity (Wildman–Crippen MR) is 78.0 cm³/mol. The Balaban J connectivity index is 1.48. The van der Waals surface area contributed by atoms with Gasteiger partial charge in [-0.3, -0.25) is 0 Å². The van der Waals surface area contributed by atoms with E-state index in [0.717, 1.165) is 32.0 Å². The van der Waals surface area contributed by atoms with Crippen LogP contribution in [0.1, 0.15) is 58.8 Å². The molecule has 5 nitrogen and oxygen atoms in total. The van der Waals surface area contributed by atoms with Gasteiger partial charge in [0.05, 0.1) is 6.10 Å². The van der Waals surface area contributed by atoms with E-state index in [1.54, 1.807) is 13.8 Å². The summed E-state index contributed by atoms with van der Waals surface area (Å²) in [5.74, 6) is 0.0505. The lowest BCUT2D eigenvalue weighted by Crippen LogP contribution is -2.24. The molecule has 0 amide bonds. The molecular formula is C16H28O5. The van der Waals surface area contributed by atoms with Gasteiger partial charge in [-0.05, 0) is 45.4 Å². The maximum atomic E-state index is 11.4. The summed E-state index contributed by atoms with van der Waals surface area (Å²) >= 11 is 0. The molecule has 0 aromatic rings. The summed E-state index contributed by atoms with van der Waals surface area (Å²) in [6.07, 6.45) is 7.17. The number of hydrogen-bond acceptors (Lipinski definition) is 5. The topological polar surface area (TPSA) is 57.3 Å². The van der Waals surface area contributed by atoms with E-state index in [2.05, 4.69) is 0 Å². The minimum atomic E-state index is -0.725. The molecule has 1 aliphatic carbocycles. The zero-order valence-electron chi connectivity index (χ0n) is 13.3. The molecular weight excluding hydrogens is 272 g/mol. The monoisotopic (exact) mass is 300 g/mol. The Kier molecular flexibility index (Phi) is 6.30. The Hall–Kier alpha value is -0.810. The van der Waals surface area contributed by atoms with Gasteiger partial charge in [-0.15, -0.1) is 0 Å². The first-order chi connectivity index (χ1) is 10.1. The SMILES string of the molecule is CC(C)OC(=O)OC1(CCCCOCC2CCCC2)CO1. The molecule has 1 saturated carbocycles. The second-order valence-electron chi connectivity index (χ2n) is 6.40. The van der Waals surface area contributed by atoms with Gasteiger partial charge in [0, 0.05) is 19.6 Å². The number of unbranched alkanes of at least 4 members (excludes halogenated alkanes) is 1. The fourth-order valence-electron chi connectivity index (χ4n) is 2.73. The lowest BCUT2D eigenvalue weighted by atomic mass is 10.1. The summed E-state index contributed by atoms with van der Waals surface area (Å²) in [5.41, 5.74) is 0. The van der Waals surface area contributed by atoms with E-state index < -0.39 is 11.9 Å². The Morgan fingerprint density at radius 2 is 2.00 bits per heavy atom. The minimum absolute atomic E-state index is 0.169. The Morgan fingerprint density at radius 3 is 2.62 bits per heavy atom. The third-order valence-corrected chi connectivity index (χ3v) is 3.99. The summed E-state index contributed by atoms with van der Waals surface area (Å²) in [6.45, 7) is 5.75. The van der Waals surface area contributed by atoms with E-state index in [0.29, 0.717) is 13.0 Å². The lowest BCUT2D eigenvalue weighted by Gasteiger charge is -2.15. The molecule has 5 heteroatoms. The standard InChI is InChI=1S/C16H28O5/c1-13(2)20-15(17)21-16(12-19-16)9-5-6-10-18-11-14-7-3-4-8-14/h13-14H,3-12H2,1-2H3. The molecule has 122 valence electrons. The molecule has 2 fully saturated rings. The molecule has 0 radical (unpaired) electrons. The van der Waals surface area contributed by atoms with Gasteiger partial charge in [0.2, 0.25) is 5.79 Å². The van der Waals surface area contributed by atoms with Crippen molar-refractivity contribution in [3.8, 4) is 0 Å². The van der Waals surface area contributed by atoms with Crippen molar-refractivity contribution in [3.63, 3.8) is 0 Å². The van der Waals surface area contributed by atoms with E-state index >= 15 is 0 Å². The number of rotatable bonds is 9. The molecule has 2 aliphatic rings. The molecule has 1 unspecified atom stereocenters. The van der Waals surface area contributed by atoms with E-state index in [9.17, 15) is 4.79 Å². The van der Waals surface area contributed by atoms with Crippen molar-refractivity contribution in [2.75, 3.05) is 19.8 Å². The van der Waals surface area contributed by atoms with Crippen molar-refractivity contribution >= 4 is 6.16 Å². The highest BCUT2D eigenvalue weighted by molar-refractivity contribution is 5.60. The quantitative estimate of drug-likeness (QED) is 0.369. The average Bonchev–Trinajstić information content (AvgIpc) is 2.97. The second kappa shape index (κ2) is 7.99. The fourth-order valence-corrected chi connectivity index (χ4v) is 2.73. The Morgan fingerprint density at radius 1 is 1.29 bits per heavy atom. The second-order valence-corrected chi connectivity index (χ2v) is 6.40. The smallest absolute Gasteiger partial charge is 0.432 e. The van der Waals surface area contributed by atoms with Crippen LogP contribution < -0.4 is 0 Å². The van der Waals surface area contributed by atoms with Gasteiger partial charge in [0.15, 0.2) is 0 Å². The highest BCUT2D eigenvalue weighted by atomic mass is 16.9. The molecule has 21 heavy (non-hydrogen) atoms. The zero-order valence-corrected chi connectivity index (χ0v) is 13.3. The zero-order chi connectivity index (χ0) is 15.1. The van der Waals surface area contributed by atoms with Gasteiger partial charge in [0.25, 0.3) is 0 Å². The van der Waals surface area contributed by atoms with E-state index in [-0.39, 0.29) is 6.10 Å². The van der Waals surface area contributed by atoms with Crippen molar-refractivity contribution in [1.29, 1.82) is 0 Å². The molecule has 0 aromatic carbocycles. The van der Waals surface area contributed by atoms with Crippen LogP contribution in [0.5, 0.6) is 0 Å². The van der Waals surface area contributed by atoms with Crippen LogP contribution in [-0.2, 0) is 18.9 Å². The summed E-state index contributed by atoms with van der Waals surface area (Å²) in [7, 11) is 0. The van der Waals surface area contributed by atoms with Crippen molar-refractivity contribution < 1.29 is 23.7 Å². The largest absolute Gasteiger partial charge is 0.511 e. The van der Waals surface area contributed by atoms with Crippen molar-refractivity contribution in [2.24, 2.45) is 5.92 Å². The molecule has 1 saturated heterocycles. The first-order valence-corrected chi connectivity index (χ1v) is 8.21. The van der Waals surface area contributed by atoms with E-state index in [1.165, 1.54) is 25.7 Å². The maximum absolute atomic E-state index is 11.4. The summed E-state index contributed by atoms with van der Waals surface area (Å²) in [5, 5.41) is 0. The fraction of sp³-hybridized carbons (Fsp3) is 0.938. The Labute approximate surface area is 127 Å². The first kappa shape index (κ1) is 16.6. The number of hydrogen-bond donors (Lipinski definition) is 0. The van der Waals surface area contributed by atoms with Gasteiger partial charge in [0.1, 0.15) is 6.61 Å². The first-order valence-electron chi connectivity index (χ1n) is 8.21. The molecule has 1 aliphatic heterocycles. The molecule has 0 aromatic heterocycles.